The molecule has 1 spiro atoms. The molecule has 2 bridgehead atoms. The van der Waals surface area contributed by atoms with Crippen LogP contribution < -0.4 is 4.90 Å². The molecule has 7 atom stereocenters. The van der Waals surface area contributed by atoms with E-state index in [1.54, 1.807) is 29.0 Å². The minimum absolute atomic E-state index is 0.105. The quantitative estimate of drug-likeness (QED) is 0.216. The monoisotopic (exact) mass is 671 g/mol. The summed E-state index contributed by atoms with van der Waals surface area (Å²) in [6, 6.07) is 13.6. The van der Waals surface area contributed by atoms with Crippen molar-refractivity contribution in [3.8, 4) is 0 Å². The molecule has 10 nitrogen and oxygen atoms in total. The number of rotatable bonds is 15. The topological polar surface area (TPSA) is 117 Å². The van der Waals surface area contributed by atoms with Crippen LogP contribution in [0.4, 0.5) is 5.69 Å². The van der Waals surface area contributed by atoms with Gasteiger partial charge >= 0.3 is 5.97 Å². The summed E-state index contributed by atoms with van der Waals surface area (Å²) in [7, 11) is 1.69. The molecule has 3 heterocycles. The Hall–Kier alpha value is -4.28. The van der Waals surface area contributed by atoms with Gasteiger partial charge in [0.15, 0.2) is 0 Å². The van der Waals surface area contributed by atoms with Gasteiger partial charge in [-0.3, -0.25) is 19.2 Å². The number of aliphatic hydroxyl groups is 1. The Morgan fingerprint density at radius 1 is 1.14 bits per heavy atom. The van der Waals surface area contributed by atoms with Gasteiger partial charge in [0.25, 0.3) is 5.91 Å². The van der Waals surface area contributed by atoms with Crippen molar-refractivity contribution >= 4 is 29.4 Å². The predicted octanol–water partition coefficient (Wildman–Crippen LogP) is 4.68. The number of likely N-dealkylation sites (tertiary alicyclic amines) is 1. The van der Waals surface area contributed by atoms with E-state index in [4.69, 9.17) is 9.47 Å². The lowest BCUT2D eigenvalue weighted by Crippen LogP contribution is -2.56. The molecule has 2 aromatic rings. The van der Waals surface area contributed by atoms with Gasteiger partial charge < -0.3 is 29.3 Å². The molecule has 5 rings (SSSR count). The van der Waals surface area contributed by atoms with Crippen molar-refractivity contribution in [1.82, 2.24) is 9.80 Å². The van der Waals surface area contributed by atoms with Gasteiger partial charge in [-0.1, -0.05) is 54.6 Å². The molecule has 1 N–H and O–H groups in total. The fourth-order valence-corrected chi connectivity index (χ4v) is 7.90. The van der Waals surface area contributed by atoms with Crippen molar-refractivity contribution in [1.29, 1.82) is 0 Å². The summed E-state index contributed by atoms with van der Waals surface area (Å²) in [6.45, 7) is 13.5. The maximum absolute atomic E-state index is 14.8. The Balaban J connectivity index is 1.49. The number of fused-ring (bicyclic) bond motifs is 1. The minimum atomic E-state index is -1.24. The van der Waals surface area contributed by atoms with E-state index < -0.39 is 47.7 Å². The van der Waals surface area contributed by atoms with Crippen molar-refractivity contribution in [3.63, 3.8) is 0 Å². The fourth-order valence-electron chi connectivity index (χ4n) is 7.90. The van der Waals surface area contributed by atoms with E-state index in [9.17, 15) is 24.3 Å². The van der Waals surface area contributed by atoms with Gasteiger partial charge in [0.1, 0.15) is 17.7 Å². The maximum Gasteiger partial charge on any atom is 0.313 e. The van der Waals surface area contributed by atoms with E-state index in [1.165, 1.54) is 4.90 Å². The minimum Gasteiger partial charge on any atom is -0.455 e. The third kappa shape index (κ3) is 6.68. The molecule has 0 aliphatic carbocycles. The van der Waals surface area contributed by atoms with E-state index in [0.717, 1.165) is 16.7 Å². The van der Waals surface area contributed by atoms with E-state index in [1.807, 2.05) is 69.3 Å². The van der Waals surface area contributed by atoms with Crippen LogP contribution in [-0.2, 0) is 28.7 Å². The molecule has 2 aromatic carbocycles. The Morgan fingerprint density at radius 2 is 1.88 bits per heavy atom. The number of carbonyl (C=O) groups excluding carboxylic acids is 4. The molecular weight excluding hydrogens is 622 g/mol. The van der Waals surface area contributed by atoms with Crippen LogP contribution in [-0.4, -0.2) is 89.1 Å². The Bertz CT molecular complexity index is 1580. The second-order valence-corrected chi connectivity index (χ2v) is 13.5. The Morgan fingerprint density at radius 3 is 2.55 bits per heavy atom. The summed E-state index contributed by atoms with van der Waals surface area (Å²) in [5, 5.41) is 9.76. The first kappa shape index (κ1) is 36.0. The second-order valence-electron chi connectivity index (χ2n) is 13.5. The molecule has 3 aliphatic rings. The van der Waals surface area contributed by atoms with Gasteiger partial charge in [0.05, 0.1) is 24.0 Å². The van der Waals surface area contributed by atoms with Gasteiger partial charge in [-0.25, -0.2) is 0 Å². The number of allylic oxidation sites excluding steroid dienone is 1. The molecule has 3 saturated heterocycles. The van der Waals surface area contributed by atoms with E-state index >= 15 is 0 Å². The number of hydrogen-bond acceptors (Lipinski definition) is 7. The number of nitrogens with zero attached hydrogens (tertiary/aromatic N) is 3. The first-order chi connectivity index (χ1) is 23.5. The second kappa shape index (κ2) is 15.1. The van der Waals surface area contributed by atoms with Crippen molar-refractivity contribution < 1.29 is 33.8 Å². The molecule has 3 amide bonds. The molecule has 49 heavy (non-hydrogen) atoms. The number of likely N-dealkylation sites (N-methyl/N-ethyl adjacent to an activating group) is 1. The van der Waals surface area contributed by atoms with Crippen LogP contribution in [0.25, 0.3) is 0 Å². The third-order valence-electron chi connectivity index (χ3n) is 10.5. The fraction of sp³-hybridized carbons (Fsp3) is 0.487. The number of benzene rings is 2. The van der Waals surface area contributed by atoms with E-state index in [-0.39, 0.29) is 50.3 Å². The number of hydrogen-bond donors (Lipinski definition) is 1. The SMILES string of the molecule is C=CCCC(=O)N(C)[C@H](C)[C@H](OC(=O)[C@@H]1[C@H]2C(=O)N(CCCO)[C@H](C(=O)N(CC=C)c3cc(C)ccc3C)[C@]23CC[C@H]1O3)c1ccccc1. The summed E-state index contributed by atoms with van der Waals surface area (Å²) in [5.41, 5.74) is 2.08. The number of carbonyl (C=O) groups is 4. The standard InChI is InChI=1S/C39H49N3O7/c1-7-9-16-31(44)40(6)27(5)34(28-14-11-10-12-15-28)48-38(47)32-30-19-20-39(49-30)33(32)36(45)42(22-13-23-43)35(39)37(46)41(21-8-2)29-24-25(3)17-18-26(29)4/h7-8,10-12,14-15,17-18,24,27,30,32-35,43H,1-2,9,13,16,19-23H2,3-6H3/t27-,30-,32+,33+,34+,35-,39+/m1/s1. The van der Waals surface area contributed by atoms with Crippen molar-refractivity contribution in [3.05, 3.63) is 90.5 Å². The first-order valence-electron chi connectivity index (χ1n) is 17.2. The first-order valence-corrected chi connectivity index (χ1v) is 17.2. The number of esters is 1. The molecule has 3 fully saturated rings. The number of ether oxygens (including phenoxy) is 2. The van der Waals surface area contributed by atoms with Gasteiger partial charge in [-0.2, -0.15) is 0 Å². The highest BCUT2D eigenvalue weighted by Gasteiger charge is 2.75. The molecular formula is C39H49N3O7. The largest absolute Gasteiger partial charge is 0.455 e. The van der Waals surface area contributed by atoms with Crippen LogP contribution in [0.5, 0.6) is 0 Å². The summed E-state index contributed by atoms with van der Waals surface area (Å²) < 4.78 is 13.0. The zero-order valence-electron chi connectivity index (χ0n) is 29.0. The zero-order chi connectivity index (χ0) is 35.5. The summed E-state index contributed by atoms with van der Waals surface area (Å²) in [4.78, 5) is 61.3. The van der Waals surface area contributed by atoms with Crippen LogP contribution in [0.15, 0.2) is 73.8 Å². The van der Waals surface area contributed by atoms with Crippen LogP contribution in [0.3, 0.4) is 0 Å². The zero-order valence-corrected chi connectivity index (χ0v) is 29.0. The van der Waals surface area contributed by atoms with Crippen LogP contribution in [0.1, 0.15) is 61.8 Å². The lowest BCUT2D eigenvalue weighted by atomic mass is 9.70. The highest BCUT2D eigenvalue weighted by Crippen LogP contribution is 2.59. The van der Waals surface area contributed by atoms with Gasteiger partial charge in [0, 0.05) is 38.9 Å². The van der Waals surface area contributed by atoms with Crippen molar-refractivity contribution in [2.45, 2.75) is 82.8 Å². The van der Waals surface area contributed by atoms with E-state index in [2.05, 4.69) is 13.2 Å². The summed E-state index contributed by atoms with van der Waals surface area (Å²) >= 11 is 0. The lowest BCUT2D eigenvalue weighted by molar-refractivity contribution is -0.164. The summed E-state index contributed by atoms with van der Waals surface area (Å²) in [6.07, 6.45) is 3.91. The van der Waals surface area contributed by atoms with Crippen molar-refractivity contribution in [2.75, 3.05) is 31.6 Å². The van der Waals surface area contributed by atoms with Crippen LogP contribution in [0.2, 0.25) is 0 Å². The molecule has 0 saturated carbocycles. The smallest absolute Gasteiger partial charge is 0.313 e. The number of amides is 3. The maximum atomic E-state index is 14.8. The van der Waals surface area contributed by atoms with E-state index in [0.29, 0.717) is 24.9 Å². The van der Waals surface area contributed by atoms with Gasteiger partial charge in [0.2, 0.25) is 11.8 Å². The Labute approximate surface area is 289 Å². The van der Waals surface area contributed by atoms with Gasteiger partial charge in [-0.05, 0) is 69.2 Å². The normalized spacial score (nSPS) is 25.0. The highest BCUT2D eigenvalue weighted by atomic mass is 16.6. The molecule has 10 heteroatoms. The van der Waals surface area contributed by atoms with Crippen LogP contribution in [0, 0.1) is 25.7 Å². The molecule has 262 valence electrons. The average Bonchev–Trinajstić information content (AvgIpc) is 3.75. The summed E-state index contributed by atoms with van der Waals surface area (Å²) in [5.74, 6) is -3.24. The number of aliphatic hydroxyl groups excluding tert-OH is 1. The highest BCUT2D eigenvalue weighted by molar-refractivity contribution is 6.05. The van der Waals surface area contributed by atoms with Crippen molar-refractivity contribution in [2.24, 2.45) is 11.8 Å². The van der Waals surface area contributed by atoms with Crippen LogP contribution >= 0.6 is 0 Å². The average molecular weight is 672 g/mol. The van der Waals surface area contributed by atoms with Gasteiger partial charge in [-0.15, -0.1) is 13.2 Å². The Kier molecular flexibility index (Phi) is 11.1. The molecule has 0 radical (unpaired) electrons. The predicted molar refractivity (Wildman–Crippen MR) is 186 cm³/mol. The number of anilines is 1. The number of aryl methyl sites for hydroxylation is 2. The third-order valence-corrected chi connectivity index (χ3v) is 10.5. The molecule has 0 aromatic heterocycles. The molecule has 0 unspecified atom stereocenters. The lowest BCUT2D eigenvalue weighted by Gasteiger charge is -2.37. The molecule has 3 aliphatic heterocycles.